The predicted octanol–water partition coefficient (Wildman–Crippen LogP) is 3.15. The fraction of sp³-hybridized carbons (Fsp3) is 0.600. The molecule has 2 aliphatic rings. The first-order valence-electron chi connectivity index (χ1n) is 7.30. The molecule has 2 N–H and O–H groups in total. The van der Waals surface area contributed by atoms with Crippen LogP contribution in [0.4, 0.5) is 14.5 Å². The van der Waals surface area contributed by atoms with Crippen LogP contribution in [0.15, 0.2) is 17.0 Å². The van der Waals surface area contributed by atoms with Gasteiger partial charge in [0.2, 0.25) is 0 Å². The Hall–Kier alpha value is -1.01. The zero-order valence-electron chi connectivity index (χ0n) is 11.7. The van der Waals surface area contributed by atoms with Gasteiger partial charge in [0.05, 0.1) is 28.3 Å². The largest absolute Gasteiger partial charge is 0.399 e. The highest BCUT2D eigenvalue weighted by molar-refractivity contribution is 7.85. The maximum atomic E-state index is 13.8. The van der Waals surface area contributed by atoms with Crippen molar-refractivity contribution in [2.45, 2.75) is 55.1 Å². The number of benzene rings is 1. The SMILES string of the molecule is Nc1cc(F)c(S(=O)CC2CCC3(CCCC3)O2)c(F)c1. The van der Waals surface area contributed by atoms with Gasteiger partial charge in [-0.2, -0.15) is 0 Å². The molecule has 0 radical (unpaired) electrons. The minimum absolute atomic E-state index is 0.00669. The summed E-state index contributed by atoms with van der Waals surface area (Å²) in [5, 5.41) is 0. The number of nitrogens with two attached hydrogens (primary N) is 1. The zero-order valence-corrected chi connectivity index (χ0v) is 12.6. The quantitative estimate of drug-likeness (QED) is 0.872. The lowest BCUT2D eigenvalue weighted by Crippen LogP contribution is -2.27. The van der Waals surface area contributed by atoms with E-state index in [4.69, 9.17) is 10.5 Å². The molecule has 1 aromatic carbocycles. The van der Waals surface area contributed by atoms with Crippen LogP contribution < -0.4 is 5.73 Å². The lowest BCUT2D eigenvalue weighted by molar-refractivity contribution is -0.0270. The zero-order chi connectivity index (χ0) is 15.0. The third-order valence-corrected chi connectivity index (χ3v) is 5.96. The van der Waals surface area contributed by atoms with Crippen LogP contribution >= 0.6 is 0 Å². The summed E-state index contributed by atoms with van der Waals surface area (Å²) in [6.45, 7) is 0. The molecule has 1 aromatic rings. The highest BCUT2D eigenvalue weighted by atomic mass is 32.2. The first-order valence-corrected chi connectivity index (χ1v) is 8.62. The van der Waals surface area contributed by atoms with Gasteiger partial charge in [-0.3, -0.25) is 4.21 Å². The molecular formula is C15H19F2NO2S. The summed E-state index contributed by atoms with van der Waals surface area (Å²) in [6, 6.07) is 2.01. The second kappa shape index (κ2) is 5.65. The van der Waals surface area contributed by atoms with E-state index in [1.807, 2.05) is 0 Å². The van der Waals surface area contributed by atoms with E-state index in [0.29, 0.717) is 0 Å². The summed E-state index contributed by atoms with van der Waals surface area (Å²) >= 11 is 0. The van der Waals surface area contributed by atoms with Crippen molar-refractivity contribution in [3.63, 3.8) is 0 Å². The Balaban J connectivity index is 1.70. The Morgan fingerprint density at radius 2 is 1.86 bits per heavy atom. The number of rotatable bonds is 3. The van der Waals surface area contributed by atoms with Gasteiger partial charge in [-0.15, -0.1) is 0 Å². The Labute approximate surface area is 125 Å². The van der Waals surface area contributed by atoms with E-state index in [9.17, 15) is 13.0 Å². The lowest BCUT2D eigenvalue weighted by Gasteiger charge is -2.23. The monoisotopic (exact) mass is 315 g/mol. The van der Waals surface area contributed by atoms with Crippen LogP contribution in [-0.4, -0.2) is 21.7 Å². The molecule has 6 heteroatoms. The lowest BCUT2D eigenvalue weighted by atomic mass is 9.98. The molecular weight excluding hydrogens is 296 g/mol. The van der Waals surface area contributed by atoms with Crippen LogP contribution in [-0.2, 0) is 15.5 Å². The fourth-order valence-corrected chi connectivity index (χ4v) is 4.74. The van der Waals surface area contributed by atoms with Crippen molar-refractivity contribution in [3.8, 4) is 0 Å². The van der Waals surface area contributed by atoms with E-state index < -0.39 is 22.4 Å². The van der Waals surface area contributed by atoms with Crippen molar-refractivity contribution in [2.24, 2.45) is 0 Å². The van der Waals surface area contributed by atoms with Crippen molar-refractivity contribution in [2.75, 3.05) is 11.5 Å². The summed E-state index contributed by atoms with van der Waals surface area (Å²) in [5.41, 5.74) is 5.30. The standard InChI is InChI=1S/C15H19F2NO2S/c16-12-7-10(18)8-13(17)14(12)21(19)9-11-3-6-15(20-11)4-1-2-5-15/h7-8,11H,1-6,9,18H2. The molecule has 2 unspecified atom stereocenters. The molecule has 3 nitrogen and oxygen atoms in total. The predicted molar refractivity (Wildman–Crippen MR) is 77.4 cm³/mol. The molecule has 0 aromatic heterocycles. The van der Waals surface area contributed by atoms with Gasteiger partial charge in [-0.25, -0.2) is 8.78 Å². The van der Waals surface area contributed by atoms with Gasteiger partial charge in [0.15, 0.2) is 0 Å². The number of ether oxygens (including phenoxy) is 1. The van der Waals surface area contributed by atoms with Gasteiger partial charge < -0.3 is 10.5 Å². The van der Waals surface area contributed by atoms with Crippen LogP contribution in [0.3, 0.4) is 0 Å². The Kier molecular flexibility index (Phi) is 4.01. The number of anilines is 1. The Morgan fingerprint density at radius 1 is 1.24 bits per heavy atom. The van der Waals surface area contributed by atoms with Crippen LogP contribution in [0.25, 0.3) is 0 Å². The smallest absolute Gasteiger partial charge is 0.144 e. The van der Waals surface area contributed by atoms with E-state index >= 15 is 0 Å². The van der Waals surface area contributed by atoms with E-state index in [-0.39, 0.29) is 28.0 Å². The molecule has 1 spiro atoms. The maximum absolute atomic E-state index is 13.8. The molecule has 2 atom stereocenters. The number of halogens is 2. The first-order chi connectivity index (χ1) is 9.99. The average Bonchev–Trinajstić information content (AvgIpc) is 2.99. The second-order valence-electron chi connectivity index (χ2n) is 5.99. The van der Waals surface area contributed by atoms with Crippen molar-refractivity contribution in [1.29, 1.82) is 0 Å². The van der Waals surface area contributed by atoms with Crippen molar-refractivity contribution < 1.29 is 17.7 Å². The van der Waals surface area contributed by atoms with Gasteiger partial charge in [0.1, 0.15) is 16.5 Å². The normalized spacial score (nSPS) is 25.5. The number of hydrogen-bond acceptors (Lipinski definition) is 3. The van der Waals surface area contributed by atoms with E-state index in [2.05, 4.69) is 0 Å². The minimum Gasteiger partial charge on any atom is -0.399 e. The molecule has 0 bridgehead atoms. The van der Waals surface area contributed by atoms with Crippen molar-refractivity contribution >= 4 is 16.5 Å². The molecule has 0 amide bonds. The second-order valence-corrected chi connectivity index (χ2v) is 7.43. The summed E-state index contributed by atoms with van der Waals surface area (Å²) in [6.07, 6.45) is 6.00. The first kappa shape index (κ1) is 14.9. The molecule has 1 saturated heterocycles. The molecule has 21 heavy (non-hydrogen) atoms. The maximum Gasteiger partial charge on any atom is 0.144 e. The van der Waals surface area contributed by atoms with Gasteiger partial charge in [-0.1, -0.05) is 12.8 Å². The van der Waals surface area contributed by atoms with Crippen LogP contribution in [0, 0.1) is 11.6 Å². The van der Waals surface area contributed by atoms with Crippen LogP contribution in [0.2, 0.25) is 0 Å². The third-order valence-electron chi connectivity index (χ3n) is 4.44. The fourth-order valence-electron chi connectivity index (χ4n) is 3.45. The highest BCUT2D eigenvalue weighted by Gasteiger charge is 2.42. The topological polar surface area (TPSA) is 52.3 Å². The number of nitrogen functional groups attached to an aromatic ring is 1. The summed E-state index contributed by atoms with van der Waals surface area (Å²) in [5.74, 6) is -1.56. The molecule has 2 fully saturated rings. The molecule has 1 aliphatic heterocycles. The van der Waals surface area contributed by atoms with E-state index in [1.165, 1.54) is 0 Å². The Morgan fingerprint density at radius 3 is 2.48 bits per heavy atom. The van der Waals surface area contributed by atoms with Gasteiger partial charge in [0, 0.05) is 5.69 Å². The molecule has 1 heterocycles. The minimum atomic E-state index is -1.75. The highest BCUT2D eigenvalue weighted by Crippen LogP contribution is 2.43. The van der Waals surface area contributed by atoms with Gasteiger partial charge in [-0.05, 0) is 37.8 Å². The molecule has 116 valence electrons. The number of hydrogen-bond donors (Lipinski definition) is 1. The van der Waals surface area contributed by atoms with Gasteiger partial charge in [0.25, 0.3) is 0 Å². The summed E-state index contributed by atoms with van der Waals surface area (Å²) in [4.78, 5) is -0.389. The third kappa shape index (κ3) is 2.97. The van der Waals surface area contributed by atoms with Crippen LogP contribution in [0.1, 0.15) is 38.5 Å². The van der Waals surface area contributed by atoms with Gasteiger partial charge >= 0.3 is 0 Å². The summed E-state index contributed by atoms with van der Waals surface area (Å²) < 4.78 is 45.9. The van der Waals surface area contributed by atoms with E-state index in [1.54, 1.807) is 0 Å². The van der Waals surface area contributed by atoms with Crippen molar-refractivity contribution in [1.82, 2.24) is 0 Å². The molecule has 3 rings (SSSR count). The van der Waals surface area contributed by atoms with Crippen molar-refractivity contribution in [3.05, 3.63) is 23.8 Å². The van der Waals surface area contributed by atoms with Crippen LogP contribution in [0.5, 0.6) is 0 Å². The van der Waals surface area contributed by atoms with E-state index in [0.717, 1.165) is 50.7 Å². The average molecular weight is 315 g/mol. The Bertz CT molecular complexity index is 550. The summed E-state index contributed by atoms with van der Waals surface area (Å²) in [7, 11) is -1.75. The molecule has 1 saturated carbocycles. The molecule has 1 aliphatic carbocycles.